The normalized spacial score (nSPS) is 20.3. The maximum atomic E-state index is 2.59. The molecule has 0 aliphatic carbocycles. The molecule has 0 spiro atoms. The molecular weight excluding hydrogens is 234 g/mol. The molecule has 1 aromatic rings. The Morgan fingerprint density at radius 1 is 1.11 bits per heavy atom. The van der Waals surface area contributed by atoms with Crippen LogP contribution in [0.15, 0.2) is 24.3 Å². The number of benzene rings is 1. The van der Waals surface area contributed by atoms with Crippen LogP contribution in [0.2, 0.25) is 19.6 Å². The van der Waals surface area contributed by atoms with Crippen molar-refractivity contribution in [2.45, 2.75) is 46.5 Å². The fraction of sp³-hybridized carbons (Fsp3) is 0.625. The number of hydrogen-bond donors (Lipinski definition) is 0. The Bertz CT molecular complexity index is 400. The summed E-state index contributed by atoms with van der Waals surface area (Å²) in [4.78, 5) is 2.59. The van der Waals surface area contributed by atoms with Crippen LogP contribution in [0.1, 0.15) is 25.8 Å². The largest absolute Gasteiger partial charge is 0.299 e. The maximum Gasteiger partial charge on any atom is 0.0775 e. The van der Waals surface area contributed by atoms with Crippen molar-refractivity contribution in [2.75, 3.05) is 13.1 Å². The predicted molar refractivity (Wildman–Crippen MR) is 83.1 cm³/mol. The van der Waals surface area contributed by atoms with Crippen LogP contribution in [0, 0.1) is 5.41 Å². The molecule has 0 amide bonds. The van der Waals surface area contributed by atoms with Gasteiger partial charge in [-0.3, -0.25) is 4.90 Å². The van der Waals surface area contributed by atoms with E-state index in [2.05, 4.69) is 62.7 Å². The zero-order valence-electron chi connectivity index (χ0n) is 12.6. The van der Waals surface area contributed by atoms with Gasteiger partial charge in [0.1, 0.15) is 0 Å². The fourth-order valence-electron chi connectivity index (χ4n) is 2.73. The average Bonchev–Trinajstić information content (AvgIpc) is 2.57. The first kappa shape index (κ1) is 13.8. The number of hydrogen-bond acceptors (Lipinski definition) is 1. The van der Waals surface area contributed by atoms with Gasteiger partial charge in [-0.1, -0.05) is 62.9 Å². The Labute approximate surface area is 113 Å². The van der Waals surface area contributed by atoms with Crippen molar-refractivity contribution in [3.63, 3.8) is 0 Å². The predicted octanol–water partition coefficient (Wildman–Crippen LogP) is 3.46. The highest BCUT2D eigenvalue weighted by atomic mass is 28.3. The second kappa shape index (κ2) is 4.82. The van der Waals surface area contributed by atoms with Gasteiger partial charge in [-0.15, -0.1) is 0 Å². The minimum atomic E-state index is -1.14. The van der Waals surface area contributed by atoms with Crippen molar-refractivity contribution in [1.29, 1.82) is 0 Å². The van der Waals surface area contributed by atoms with Crippen molar-refractivity contribution in [3.8, 4) is 0 Å². The Morgan fingerprint density at radius 3 is 2.17 bits per heavy atom. The van der Waals surface area contributed by atoms with Crippen LogP contribution in [-0.4, -0.2) is 26.1 Å². The fourth-order valence-corrected chi connectivity index (χ4v) is 3.89. The molecule has 1 heterocycles. The van der Waals surface area contributed by atoms with Crippen LogP contribution in [0.5, 0.6) is 0 Å². The van der Waals surface area contributed by atoms with Crippen LogP contribution in [0.4, 0.5) is 0 Å². The molecule has 1 aliphatic rings. The number of rotatable bonds is 3. The molecule has 0 N–H and O–H groups in total. The van der Waals surface area contributed by atoms with Crippen LogP contribution in [0.3, 0.4) is 0 Å². The molecule has 2 rings (SSSR count). The molecule has 1 saturated heterocycles. The molecule has 0 aromatic heterocycles. The van der Waals surface area contributed by atoms with Crippen molar-refractivity contribution < 1.29 is 0 Å². The van der Waals surface area contributed by atoms with Gasteiger partial charge >= 0.3 is 0 Å². The van der Waals surface area contributed by atoms with Crippen molar-refractivity contribution in [3.05, 3.63) is 29.8 Å². The van der Waals surface area contributed by atoms with E-state index in [1.807, 2.05) is 0 Å². The second-order valence-electron chi connectivity index (χ2n) is 7.57. The summed E-state index contributed by atoms with van der Waals surface area (Å²) in [5.74, 6) is 0. The van der Waals surface area contributed by atoms with E-state index >= 15 is 0 Å². The topological polar surface area (TPSA) is 3.24 Å². The van der Waals surface area contributed by atoms with E-state index in [1.165, 1.54) is 25.1 Å². The zero-order chi connectivity index (χ0) is 13.4. The lowest BCUT2D eigenvalue weighted by atomic mass is 9.93. The lowest BCUT2D eigenvalue weighted by molar-refractivity contribution is 0.284. The Kier molecular flexibility index (Phi) is 3.70. The van der Waals surface area contributed by atoms with Crippen molar-refractivity contribution >= 4 is 13.3 Å². The molecule has 0 bridgehead atoms. The van der Waals surface area contributed by atoms with E-state index in [0.29, 0.717) is 5.41 Å². The Hall–Kier alpha value is -0.603. The average molecular weight is 261 g/mol. The molecular formula is C16H27NSi. The summed E-state index contributed by atoms with van der Waals surface area (Å²) in [6.07, 6.45) is 1.33. The zero-order valence-corrected chi connectivity index (χ0v) is 13.6. The number of nitrogens with zero attached hydrogens (tertiary/aromatic N) is 1. The summed E-state index contributed by atoms with van der Waals surface area (Å²) in [6, 6.07) is 9.36. The first-order valence-electron chi connectivity index (χ1n) is 7.08. The van der Waals surface area contributed by atoms with Gasteiger partial charge in [0.25, 0.3) is 0 Å². The van der Waals surface area contributed by atoms with Gasteiger partial charge in [0, 0.05) is 13.1 Å². The van der Waals surface area contributed by atoms with Gasteiger partial charge in [-0.2, -0.15) is 0 Å². The third-order valence-electron chi connectivity index (χ3n) is 3.98. The summed E-state index contributed by atoms with van der Waals surface area (Å²) >= 11 is 0. The summed E-state index contributed by atoms with van der Waals surface area (Å²) in [5, 5.41) is 1.56. The molecule has 0 saturated carbocycles. The van der Waals surface area contributed by atoms with E-state index in [9.17, 15) is 0 Å². The Balaban J connectivity index is 1.99. The lowest BCUT2D eigenvalue weighted by Gasteiger charge is -2.21. The summed E-state index contributed by atoms with van der Waals surface area (Å²) < 4.78 is 0. The molecule has 1 nitrogen and oxygen atoms in total. The molecule has 1 aromatic carbocycles. The minimum Gasteiger partial charge on any atom is -0.299 e. The van der Waals surface area contributed by atoms with Gasteiger partial charge in [0.05, 0.1) is 8.07 Å². The molecule has 2 heteroatoms. The quantitative estimate of drug-likeness (QED) is 0.753. The van der Waals surface area contributed by atoms with Crippen LogP contribution in [-0.2, 0) is 6.54 Å². The summed E-state index contributed by atoms with van der Waals surface area (Å²) in [5.41, 5.74) is 1.98. The molecule has 18 heavy (non-hydrogen) atoms. The molecule has 0 atom stereocenters. The lowest BCUT2D eigenvalue weighted by Crippen LogP contribution is -2.37. The van der Waals surface area contributed by atoms with E-state index in [1.54, 1.807) is 5.19 Å². The van der Waals surface area contributed by atoms with E-state index in [4.69, 9.17) is 0 Å². The third kappa shape index (κ3) is 3.45. The van der Waals surface area contributed by atoms with Crippen LogP contribution < -0.4 is 5.19 Å². The van der Waals surface area contributed by atoms with Crippen LogP contribution in [0.25, 0.3) is 0 Å². The van der Waals surface area contributed by atoms with E-state index in [0.717, 1.165) is 6.54 Å². The number of likely N-dealkylation sites (tertiary alicyclic amines) is 1. The van der Waals surface area contributed by atoms with E-state index in [-0.39, 0.29) is 0 Å². The molecule has 1 fully saturated rings. The molecule has 100 valence electrons. The van der Waals surface area contributed by atoms with Crippen LogP contribution >= 0.6 is 0 Å². The van der Waals surface area contributed by atoms with Gasteiger partial charge < -0.3 is 0 Å². The van der Waals surface area contributed by atoms with Gasteiger partial charge in [0.2, 0.25) is 0 Å². The highest BCUT2D eigenvalue weighted by Crippen LogP contribution is 2.29. The second-order valence-corrected chi connectivity index (χ2v) is 12.6. The van der Waals surface area contributed by atoms with E-state index < -0.39 is 8.07 Å². The monoisotopic (exact) mass is 261 g/mol. The van der Waals surface area contributed by atoms with Gasteiger partial charge in [0.15, 0.2) is 0 Å². The highest BCUT2D eigenvalue weighted by Gasteiger charge is 2.28. The van der Waals surface area contributed by atoms with Crippen molar-refractivity contribution in [2.24, 2.45) is 5.41 Å². The SMILES string of the molecule is CC1(C)CCN(Cc2ccc([Si](C)(C)C)cc2)C1. The maximum absolute atomic E-state index is 2.59. The highest BCUT2D eigenvalue weighted by molar-refractivity contribution is 6.88. The minimum absolute atomic E-state index is 0.512. The molecule has 1 aliphatic heterocycles. The standard InChI is InChI=1S/C16H27NSi/c1-16(2)10-11-17(13-16)12-14-6-8-15(9-7-14)18(3,4)5/h6-9H,10-13H2,1-5H3. The van der Waals surface area contributed by atoms with Gasteiger partial charge in [-0.05, 0) is 23.9 Å². The van der Waals surface area contributed by atoms with Gasteiger partial charge in [-0.25, -0.2) is 0 Å². The van der Waals surface area contributed by atoms with Crippen molar-refractivity contribution in [1.82, 2.24) is 4.90 Å². The summed E-state index contributed by atoms with van der Waals surface area (Å²) in [6.45, 7) is 15.6. The summed E-state index contributed by atoms with van der Waals surface area (Å²) in [7, 11) is -1.14. The third-order valence-corrected chi connectivity index (χ3v) is 6.05. The first-order valence-corrected chi connectivity index (χ1v) is 10.6. The molecule has 0 radical (unpaired) electrons. The first-order chi connectivity index (χ1) is 8.26. The smallest absolute Gasteiger partial charge is 0.0775 e. The molecule has 0 unspecified atom stereocenters. The Morgan fingerprint density at radius 2 is 1.72 bits per heavy atom.